The molecule has 0 aliphatic heterocycles. The summed E-state index contributed by atoms with van der Waals surface area (Å²) in [5.41, 5.74) is 2.27. The molecule has 59 heavy (non-hydrogen) atoms. The molecular formula is C44H53N3O11Si. The standard InChI is InChI=1S/C44H53N3O11Si/c1-44(2,3)58-43(51)46-36(40(48)54-4)26-34-24-32(18-20-38(34)47(52)53)33-19-21-39(56-28-30-14-10-8-11-15-30)35(25-33)27-37(41(49)55-22-23-59(5,6)7)45-42(50)57-29-31-16-12-9-13-17-31/h8-21,24-25,36-37H,22-23,26-29H2,1-7H3,(H,45,50)(H,46,51)/t36-,37-/m0/s1. The van der Waals surface area contributed by atoms with Crippen LogP contribution in [0.15, 0.2) is 97.1 Å². The molecular weight excluding hydrogens is 775 g/mol. The molecule has 0 saturated heterocycles. The van der Waals surface area contributed by atoms with Crippen molar-refractivity contribution in [2.24, 2.45) is 0 Å². The van der Waals surface area contributed by atoms with Gasteiger partial charge in [0.2, 0.25) is 0 Å². The zero-order chi connectivity index (χ0) is 43.2. The molecule has 0 radical (unpaired) electrons. The molecule has 314 valence electrons. The van der Waals surface area contributed by atoms with Gasteiger partial charge < -0.3 is 34.3 Å². The molecule has 0 aliphatic rings. The smallest absolute Gasteiger partial charge is 0.408 e. The first-order chi connectivity index (χ1) is 27.9. The minimum Gasteiger partial charge on any atom is -0.489 e. The number of nitrogens with zero attached hydrogens (tertiary/aromatic N) is 1. The van der Waals surface area contributed by atoms with Gasteiger partial charge in [-0.2, -0.15) is 0 Å². The molecule has 0 saturated carbocycles. The summed E-state index contributed by atoms with van der Waals surface area (Å²) >= 11 is 0. The molecule has 2 atom stereocenters. The van der Waals surface area contributed by atoms with Crippen LogP contribution in [-0.2, 0) is 54.6 Å². The average Bonchev–Trinajstić information content (AvgIpc) is 3.18. The van der Waals surface area contributed by atoms with Crippen molar-refractivity contribution in [1.29, 1.82) is 0 Å². The van der Waals surface area contributed by atoms with Gasteiger partial charge in [-0.25, -0.2) is 19.2 Å². The number of hydrogen-bond donors (Lipinski definition) is 2. The number of hydrogen-bond acceptors (Lipinski definition) is 11. The third kappa shape index (κ3) is 15.2. The summed E-state index contributed by atoms with van der Waals surface area (Å²) in [4.78, 5) is 64.0. The fourth-order valence-electron chi connectivity index (χ4n) is 5.79. The molecule has 0 aromatic heterocycles. The minimum atomic E-state index is -1.57. The summed E-state index contributed by atoms with van der Waals surface area (Å²) in [6.45, 7) is 11.8. The van der Waals surface area contributed by atoms with Crippen LogP contribution in [0.3, 0.4) is 0 Å². The van der Waals surface area contributed by atoms with Gasteiger partial charge in [0.05, 0.1) is 18.6 Å². The Hall–Kier alpha value is -6.22. The number of amides is 2. The number of ether oxygens (including phenoxy) is 5. The maximum absolute atomic E-state index is 13.7. The lowest BCUT2D eigenvalue weighted by Gasteiger charge is -2.23. The van der Waals surface area contributed by atoms with E-state index >= 15 is 0 Å². The van der Waals surface area contributed by atoms with E-state index in [4.69, 9.17) is 23.7 Å². The van der Waals surface area contributed by atoms with Crippen LogP contribution in [0.2, 0.25) is 25.7 Å². The van der Waals surface area contributed by atoms with Crippen molar-refractivity contribution in [3.63, 3.8) is 0 Å². The van der Waals surface area contributed by atoms with Crippen LogP contribution in [0.5, 0.6) is 5.75 Å². The van der Waals surface area contributed by atoms with Crippen LogP contribution in [0, 0.1) is 10.1 Å². The van der Waals surface area contributed by atoms with Gasteiger partial charge in [-0.15, -0.1) is 0 Å². The van der Waals surface area contributed by atoms with E-state index in [1.165, 1.54) is 6.07 Å². The highest BCUT2D eigenvalue weighted by Gasteiger charge is 2.30. The van der Waals surface area contributed by atoms with E-state index in [2.05, 4.69) is 30.3 Å². The number of nitro benzene ring substituents is 1. The Bertz CT molecular complexity index is 2070. The maximum atomic E-state index is 13.7. The summed E-state index contributed by atoms with van der Waals surface area (Å²) in [5.74, 6) is -1.05. The average molecular weight is 828 g/mol. The van der Waals surface area contributed by atoms with Gasteiger partial charge in [-0.3, -0.25) is 10.1 Å². The largest absolute Gasteiger partial charge is 0.489 e. The number of methoxy groups -OCH3 is 1. The second kappa shape index (κ2) is 21.0. The molecule has 4 rings (SSSR count). The maximum Gasteiger partial charge on any atom is 0.408 e. The summed E-state index contributed by atoms with van der Waals surface area (Å²) in [7, 11) is -0.423. The van der Waals surface area contributed by atoms with Crippen LogP contribution >= 0.6 is 0 Å². The van der Waals surface area contributed by atoms with Gasteiger partial charge >= 0.3 is 24.1 Å². The number of benzene rings is 4. The quantitative estimate of drug-likeness (QED) is 0.0325. The zero-order valence-corrected chi connectivity index (χ0v) is 35.6. The Balaban J connectivity index is 1.72. The second-order valence-corrected chi connectivity index (χ2v) is 21.7. The number of alkyl carbamates (subject to hydrolysis) is 2. The van der Waals surface area contributed by atoms with Crippen molar-refractivity contribution in [2.45, 2.75) is 90.2 Å². The summed E-state index contributed by atoms with van der Waals surface area (Å²) < 4.78 is 27.7. The molecule has 0 heterocycles. The van der Waals surface area contributed by atoms with Gasteiger partial charge in [0.1, 0.15) is 36.6 Å². The minimum absolute atomic E-state index is 0.0163. The molecule has 4 aromatic rings. The predicted molar refractivity (Wildman–Crippen MR) is 225 cm³/mol. The molecule has 4 aromatic carbocycles. The lowest BCUT2D eigenvalue weighted by Crippen LogP contribution is -2.45. The second-order valence-electron chi connectivity index (χ2n) is 16.1. The summed E-state index contributed by atoms with van der Waals surface area (Å²) in [6, 6.07) is 26.5. The first-order valence-electron chi connectivity index (χ1n) is 19.2. The number of nitro groups is 1. The van der Waals surface area contributed by atoms with Gasteiger partial charge in [-0.1, -0.05) is 86.4 Å². The van der Waals surface area contributed by atoms with Crippen LogP contribution in [-0.4, -0.2) is 68.5 Å². The molecule has 0 fully saturated rings. The molecule has 14 nitrogen and oxygen atoms in total. The normalized spacial score (nSPS) is 12.3. The van der Waals surface area contributed by atoms with Gasteiger partial charge in [0, 0.05) is 32.5 Å². The topological polar surface area (TPSA) is 182 Å². The Kier molecular flexibility index (Phi) is 16.2. The van der Waals surface area contributed by atoms with Crippen molar-refractivity contribution in [3.05, 3.63) is 129 Å². The lowest BCUT2D eigenvalue weighted by molar-refractivity contribution is -0.385. The summed E-state index contributed by atoms with van der Waals surface area (Å²) in [6.07, 6.45) is -2.06. The predicted octanol–water partition coefficient (Wildman–Crippen LogP) is 8.17. The van der Waals surface area contributed by atoms with E-state index in [9.17, 15) is 29.3 Å². The van der Waals surface area contributed by atoms with Crippen molar-refractivity contribution >= 4 is 37.9 Å². The third-order valence-corrected chi connectivity index (χ3v) is 10.5. The lowest BCUT2D eigenvalue weighted by atomic mass is 9.95. The van der Waals surface area contributed by atoms with Crippen molar-refractivity contribution in [3.8, 4) is 16.9 Å². The van der Waals surface area contributed by atoms with E-state index in [0.29, 0.717) is 22.4 Å². The van der Waals surface area contributed by atoms with Gasteiger partial charge in [0.15, 0.2) is 0 Å². The van der Waals surface area contributed by atoms with Crippen LogP contribution in [0.4, 0.5) is 15.3 Å². The number of esters is 2. The van der Waals surface area contributed by atoms with E-state index in [1.54, 1.807) is 51.1 Å². The number of carbonyl (C=O) groups is 4. The first-order valence-corrected chi connectivity index (χ1v) is 22.9. The van der Waals surface area contributed by atoms with E-state index in [-0.39, 0.29) is 43.9 Å². The molecule has 2 amide bonds. The van der Waals surface area contributed by atoms with Gasteiger partial charge in [-0.05, 0) is 78.9 Å². The van der Waals surface area contributed by atoms with Crippen molar-refractivity contribution < 1.29 is 47.8 Å². The number of rotatable bonds is 18. The highest BCUT2D eigenvalue weighted by atomic mass is 28.3. The Morgan fingerprint density at radius 2 is 1.25 bits per heavy atom. The third-order valence-electron chi connectivity index (χ3n) is 8.82. The fraction of sp³-hybridized carbons (Fsp3) is 0.364. The highest BCUT2D eigenvalue weighted by molar-refractivity contribution is 6.76. The summed E-state index contributed by atoms with van der Waals surface area (Å²) in [5, 5.41) is 17.4. The fourth-order valence-corrected chi connectivity index (χ4v) is 6.50. The number of carbonyl (C=O) groups excluding carboxylic acids is 4. The molecule has 0 unspecified atom stereocenters. The van der Waals surface area contributed by atoms with Crippen LogP contribution in [0.25, 0.3) is 11.1 Å². The van der Waals surface area contributed by atoms with E-state index in [0.717, 1.165) is 24.3 Å². The molecule has 0 aliphatic carbocycles. The zero-order valence-electron chi connectivity index (χ0n) is 34.6. The Morgan fingerprint density at radius 3 is 1.83 bits per heavy atom. The van der Waals surface area contributed by atoms with Gasteiger partial charge in [0.25, 0.3) is 5.69 Å². The SMILES string of the molecule is COC(=O)[C@H](Cc1cc(-c2ccc(OCc3ccccc3)c(C[C@H](NC(=O)OCc3ccccc3)C(=O)OCC[Si](C)(C)C)c2)ccc1[N+](=O)[O-])NC(=O)OC(C)(C)C. The molecule has 15 heteroatoms. The van der Waals surface area contributed by atoms with Crippen LogP contribution in [0.1, 0.15) is 43.0 Å². The molecule has 0 bridgehead atoms. The molecule has 0 spiro atoms. The molecule has 2 N–H and O–H groups in total. The van der Waals surface area contributed by atoms with Crippen molar-refractivity contribution in [2.75, 3.05) is 13.7 Å². The van der Waals surface area contributed by atoms with Crippen molar-refractivity contribution in [1.82, 2.24) is 10.6 Å². The monoisotopic (exact) mass is 827 g/mol. The number of nitrogens with one attached hydrogen (secondary N) is 2. The van der Waals surface area contributed by atoms with E-state index < -0.39 is 54.8 Å². The van der Waals surface area contributed by atoms with Crippen LogP contribution < -0.4 is 15.4 Å². The Labute approximate surface area is 345 Å². The Morgan fingerprint density at radius 1 is 0.712 bits per heavy atom. The first kappa shape index (κ1) is 45.5. The highest BCUT2D eigenvalue weighted by Crippen LogP contribution is 2.32. The van der Waals surface area contributed by atoms with E-state index in [1.807, 2.05) is 60.7 Å².